The average Bonchev–Trinajstić information content (AvgIpc) is 2.90. The summed E-state index contributed by atoms with van der Waals surface area (Å²) in [5, 5.41) is 0.970. The predicted molar refractivity (Wildman–Crippen MR) is 82.2 cm³/mol. The fraction of sp³-hybridized carbons (Fsp3) is 0.118. The van der Waals surface area contributed by atoms with Gasteiger partial charge in [-0.3, -0.25) is 4.79 Å². The van der Waals surface area contributed by atoms with E-state index >= 15 is 0 Å². The summed E-state index contributed by atoms with van der Waals surface area (Å²) in [6.07, 6.45) is 2.64. The Morgan fingerprint density at radius 1 is 1.15 bits per heavy atom. The molecule has 0 amide bonds. The van der Waals surface area contributed by atoms with Crippen molar-refractivity contribution in [3.8, 4) is 0 Å². The molecule has 1 N–H and O–H groups in total. The van der Waals surface area contributed by atoms with Gasteiger partial charge in [0.15, 0.2) is 6.29 Å². The van der Waals surface area contributed by atoms with Crippen LogP contribution < -0.4 is 4.90 Å². The first-order valence-electron chi connectivity index (χ1n) is 6.59. The number of nitrogens with one attached hydrogen (secondary N) is 1. The number of aldehydes is 1. The highest BCUT2D eigenvalue weighted by atomic mass is 16.1. The number of H-pyrrole nitrogens is 1. The molecule has 0 bridgehead atoms. The van der Waals surface area contributed by atoms with Gasteiger partial charge in [-0.05, 0) is 23.8 Å². The first kappa shape index (κ1) is 12.5. The van der Waals surface area contributed by atoms with Crippen molar-refractivity contribution in [2.45, 2.75) is 6.54 Å². The Morgan fingerprint density at radius 3 is 2.70 bits per heavy atom. The van der Waals surface area contributed by atoms with Crippen molar-refractivity contribution >= 4 is 22.9 Å². The van der Waals surface area contributed by atoms with Crippen LogP contribution in [0.4, 0.5) is 5.69 Å². The van der Waals surface area contributed by atoms with Gasteiger partial charge in [-0.25, -0.2) is 0 Å². The largest absolute Gasteiger partial charge is 0.370 e. The molecule has 20 heavy (non-hydrogen) atoms. The SMILES string of the molecule is CN(Cc1ccccc1)c1ccc2[nH]cc(C=O)c2c1. The number of fused-ring (bicyclic) bond motifs is 1. The molecule has 0 aliphatic carbocycles. The van der Waals surface area contributed by atoms with Crippen LogP contribution in [0.5, 0.6) is 0 Å². The van der Waals surface area contributed by atoms with E-state index in [0.717, 1.165) is 29.4 Å². The Balaban J connectivity index is 1.91. The maximum atomic E-state index is 11.0. The summed E-state index contributed by atoms with van der Waals surface area (Å²) in [7, 11) is 2.06. The quantitative estimate of drug-likeness (QED) is 0.731. The van der Waals surface area contributed by atoms with Gasteiger partial charge in [-0.1, -0.05) is 30.3 Å². The Bertz CT molecular complexity index is 731. The minimum absolute atomic E-state index is 0.704. The lowest BCUT2D eigenvalue weighted by Crippen LogP contribution is -2.16. The highest BCUT2D eigenvalue weighted by molar-refractivity contribution is 5.98. The molecular formula is C17H16N2O. The molecular weight excluding hydrogens is 248 g/mol. The second kappa shape index (κ2) is 5.21. The predicted octanol–water partition coefficient (Wildman–Crippen LogP) is 3.62. The van der Waals surface area contributed by atoms with Crippen LogP contribution in [0.3, 0.4) is 0 Å². The lowest BCUT2D eigenvalue weighted by Gasteiger charge is -2.19. The number of anilines is 1. The summed E-state index contributed by atoms with van der Waals surface area (Å²) in [4.78, 5) is 16.3. The molecule has 0 saturated heterocycles. The number of rotatable bonds is 4. The van der Waals surface area contributed by atoms with Crippen molar-refractivity contribution in [1.29, 1.82) is 0 Å². The first-order valence-corrected chi connectivity index (χ1v) is 6.59. The number of nitrogens with zero attached hydrogens (tertiary/aromatic N) is 1. The van der Waals surface area contributed by atoms with Crippen molar-refractivity contribution in [3.05, 3.63) is 65.9 Å². The molecule has 100 valence electrons. The van der Waals surface area contributed by atoms with E-state index in [-0.39, 0.29) is 0 Å². The molecule has 3 aromatic rings. The van der Waals surface area contributed by atoms with Gasteiger partial charge < -0.3 is 9.88 Å². The molecule has 0 saturated carbocycles. The average molecular weight is 264 g/mol. The zero-order chi connectivity index (χ0) is 13.9. The van der Waals surface area contributed by atoms with Gasteiger partial charge >= 0.3 is 0 Å². The van der Waals surface area contributed by atoms with Crippen molar-refractivity contribution < 1.29 is 4.79 Å². The summed E-state index contributed by atoms with van der Waals surface area (Å²) < 4.78 is 0. The van der Waals surface area contributed by atoms with Gasteiger partial charge in [0.2, 0.25) is 0 Å². The standard InChI is InChI=1S/C17H16N2O/c1-19(11-13-5-3-2-4-6-13)15-7-8-17-16(9-15)14(12-20)10-18-17/h2-10,12,18H,11H2,1H3. The number of hydrogen-bond acceptors (Lipinski definition) is 2. The van der Waals surface area contributed by atoms with Crippen LogP contribution in [-0.4, -0.2) is 18.3 Å². The molecule has 1 aromatic heterocycles. The van der Waals surface area contributed by atoms with Crippen molar-refractivity contribution in [2.75, 3.05) is 11.9 Å². The summed E-state index contributed by atoms with van der Waals surface area (Å²) in [5.74, 6) is 0. The molecule has 0 atom stereocenters. The van der Waals surface area contributed by atoms with Gasteiger partial charge in [0.1, 0.15) is 0 Å². The van der Waals surface area contributed by atoms with E-state index in [1.54, 1.807) is 6.20 Å². The van der Waals surface area contributed by atoms with Gasteiger partial charge in [0.25, 0.3) is 0 Å². The minimum atomic E-state index is 0.704. The van der Waals surface area contributed by atoms with E-state index < -0.39 is 0 Å². The van der Waals surface area contributed by atoms with Gasteiger partial charge in [-0.2, -0.15) is 0 Å². The molecule has 0 spiro atoms. The minimum Gasteiger partial charge on any atom is -0.370 e. The van der Waals surface area contributed by atoms with Crippen LogP contribution in [0.15, 0.2) is 54.7 Å². The zero-order valence-electron chi connectivity index (χ0n) is 11.3. The molecule has 0 unspecified atom stereocenters. The fourth-order valence-electron chi connectivity index (χ4n) is 2.41. The third-order valence-corrected chi connectivity index (χ3v) is 3.53. The van der Waals surface area contributed by atoms with Crippen molar-refractivity contribution in [3.63, 3.8) is 0 Å². The summed E-state index contributed by atoms with van der Waals surface area (Å²) in [6, 6.07) is 16.5. The maximum Gasteiger partial charge on any atom is 0.152 e. The van der Waals surface area contributed by atoms with Gasteiger partial charge in [0.05, 0.1) is 0 Å². The third kappa shape index (κ3) is 2.30. The number of carbonyl (C=O) groups excluding carboxylic acids is 1. The van der Waals surface area contributed by atoms with Crippen LogP contribution >= 0.6 is 0 Å². The summed E-state index contributed by atoms with van der Waals surface area (Å²) in [5.41, 5.74) is 4.06. The molecule has 1 heterocycles. The lowest BCUT2D eigenvalue weighted by atomic mass is 10.1. The Kier molecular flexibility index (Phi) is 3.25. The zero-order valence-corrected chi connectivity index (χ0v) is 11.3. The summed E-state index contributed by atoms with van der Waals surface area (Å²) in [6.45, 7) is 0.840. The van der Waals surface area contributed by atoms with Crippen LogP contribution in [0.2, 0.25) is 0 Å². The number of hydrogen-bond donors (Lipinski definition) is 1. The molecule has 0 fully saturated rings. The van der Waals surface area contributed by atoms with E-state index in [2.05, 4.69) is 41.2 Å². The van der Waals surface area contributed by atoms with E-state index in [4.69, 9.17) is 0 Å². The first-order chi connectivity index (χ1) is 9.78. The molecule has 0 radical (unpaired) electrons. The van der Waals surface area contributed by atoms with E-state index in [1.165, 1.54) is 5.56 Å². The second-order valence-electron chi connectivity index (χ2n) is 4.93. The van der Waals surface area contributed by atoms with Gasteiger partial charge in [0, 0.05) is 41.9 Å². The van der Waals surface area contributed by atoms with E-state index in [1.807, 2.05) is 24.3 Å². The van der Waals surface area contributed by atoms with Crippen LogP contribution in [0.25, 0.3) is 10.9 Å². The number of aromatic nitrogens is 1. The third-order valence-electron chi connectivity index (χ3n) is 3.53. The van der Waals surface area contributed by atoms with Crippen LogP contribution in [0.1, 0.15) is 15.9 Å². The van der Waals surface area contributed by atoms with Crippen molar-refractivity contribution in [1.82, 2.24) is 4.98 Å². The maximum absolute atomic E-state index is 11.0. The highest BCUT2D eigenvalue weighted by Gasteiger charge is 2.07. The number of carbonyl (C=O) groups is 1. The Labute approximate surface area is 117 Å². The summed E-state index contributed by atoms with van der Waals surface area (Å²) >= 11 is 0. The van der Waals surface area contributed by atoms with Crippen LogP contribution in [-0.2, 0) is 6.54 Å². The molecule has 2 aromatic carbocycles. The fourth-order valence-corrected chi connectivity index (χ4v) is 2.41. The van der Waals surface area contributed by atoms with Crippen LogP contribution in [0, 0.1) is 0 Å². The van der Waals surface area contributed by atoms with E-state index in [9.17, 15) is 4.79 Å². The van der Waals surface area contributed by atoms with Crippen molar-refractivity contribution in [2.24, 2.45) is 0 Å². The second-order valence-corrected chi connectivity index (χ2v) is 4.93. The Morgan fingerprint density at radius 2 is 1.95 bits per heavy atom. The van der Waals surface area contributed by atoms with Gasteiger partial charge in [-0.15, -0.1) is 0 Å². The monoisotopic (exact) mass is 264 g/mol. The highest BCUT2D eigenvalue weighted by Crippen LogP contribution is 2.24. The Hall–Kier alpha value is -2.55. The lowest BCUT2D eigenvalue weighted by molar-refractivity contribution is 0.112. The normalized spacial score (nSPS) is 10.7. The molecule has 3 heteroatoms. The molecule has 0 aliphatic heterocycles. The number of benzene rings is 2. The van der Waals surface area contributed by atoms with E-state index in [0.29, 0.717) is 5.56 Å². The molecule has 3 nitrogen and oxygen atoms in total. The topological polar surface area (TPSA) is 36.1 Å². The molecule has 0 aliphatic rings. The number of aromatic amines is 1. The molecule has 3 rings (SSSR count). The smallest absolute Gasteiger partial charge is 0.152 e.